The van der Waals surface area contributed by atoms with Crippen LogP contribution in [0.5, 0.6) is 0 Å². The smallest absolute Gasteiger partial charge is 0.317 e. The summed E-state index contributed by atoms with van der Waals surface area (Å²) in [5.41, 5.74) is -0.105. The number of amides is 2. The van der Waals surface area contributed by atoms with E-state index >= 15 is 0 Å². The first-order chi connectivity index (χ1) is 9.33. The molecule has 0 aliphatic rings. The normalized spacial score (nSPS) is 11.2. The number of carboxylic acid groups (broad SMARTS) is 1. The van der Waals surface area contributed by atoms with Gasteiger partial charge in [0.05, 0.1) is 0 Å². The van der Waals surface area contributed by atoms with Gasteiger partial charge in [0.2, 0.25) is 0 Å². The zero-order chi connectivity index (χ0) is 15.2. The maximum Gasteiger partial charge on any atom is 0.317 e. The molecule has 6 heteroatoms. The Morgan fingerprint density at radius 2 is 2.15 bits per heavy atom. The second kappa shape index (κ2) is 7.28. The Balaban J connectivity index is 2.37. The molecule has 0 aromatic carbocycles. The third-order valence-electron chi connectivity index (χ3n) is 3.10. The van der Waals surface area contributed by atoms with Crippen molar-refractivity contribution >= 4 is 23.3 Å². The molecule has 0 bridgehead atoms. The number of thiophene rings is 1. The summed E-state index contributed by atoms with van der Waals surface area (Å²) in [5.74, 6) is -0.836. The minimum absolute atomic E-state index is 0.0817. The average Bonchev–Trinajstić information content (AvgIpc) is 2.90. The van der Waals surface area contributed by atoms with E-state index in [1.54, 1.807) is 18.4 Å². The summed E-state index contributed by atoms with van der Waals surface area (Å²) in [6.45, 7) is 5.17. The van der Waals surface area contributed by atoms with Crippen LogP contribution < -0.4 is 5.32 Å². The van der Waals surface area contributed by atoms with Crippen LogP contribution in [0.25, 0.3) is 0 Å². The number of hydrogen-bond acceptors (Lipinski definition) is 3. The fourth-order valence-corrected chi connectivity index (χ4v) is 2.60. The lowest BCUT2D eigenvalue weighted by Crippen LogP contribution is -2.43. The lowest BCUT2D eigenvalue weighted by molar-refractivity contribution is -0.137. The highest BCUT2D eigenvalue weighted by Gasteiger charge is 2.23. The van der Waals surface area contributed by atoms with Gasteiger partial charge in [0.15, 0.2) is 0 Å². The Kier molecular flexibility index (Phi) is 6.01. The van der Waals surface area contributed by atoms with Crippen LogP contribution in [0.15, 0.2) is 17.5 Å². The molecule has 1 heterocycles. The number of nitrogens with zero attached hydrogens (tertiary/aromatic N) is 1. The molecule has 0 aliphatic heterocycles. The van der Waals surface area contributed by atoms with Crippen LogP contribution in [0, 0.1) is 0 Å². The summed E-state index contributed by atoms with van der Waals surface area (Å²) >= 11 is 1.68. The molecule has 0 spiro atoms. The van der Waals surface area contributed by atoms with Gasteiger partial charge in [0, 0.05) is 36.9 Å². The third-order valence-corrected chi connectivity index (χ3v) is 4.34. The quantitative estimate of drug-likeness (QED) is 0.812. The number of rotatable bonds is 7. The molecule has 2 amide bonds. The topological polar surface area (TPSA) is 69.6 Å². The number of nitrogens with one attached hydrogen (secondary N) is 1. The number of aliphatic carboxylic acids is 1. The molecule has 0 saturated carbocycles. The lowest BCUT2D eigenvalue weighted by atomic mass is 9.91. The minimum Gasteiger partial charge on any atom is -0.481 e. The van der Waals surface area contributed by atoms with Crippen LogP contribution in [0.2, 0.25) is 0 Å². The van der Waals surface area contributed by atoms with Crippen molar-refractivity contribution in [3.63, 3.8) is 0 Å². The van der Waals surface area contributed by atoms with E-state index in [1.807, 2.05) is 11.4 Å². The highest BCUT2D eigenvalue weighted by atomic mass is 32.1. The average molecular weight is 298 g/mol. The van der Waals surface area contributed by atoms with E-state index in [9.17, 15) is 9.59 Å². The molecular weight excluding hydrogens is 276 g/mol. The highest BCUT2D eigenvalue weighted by Crippen LogP contribution is 2.26. The first-order valence-corrected chi connectivity index (χ1v) is 7.45. The lowest BCUT2D eigenvalue weighted by Gasteiger charge is -2.26. The maximum atomic E-state index is 11.9. The van der Waals surface area contributed by atoms with Gasteiger partial charge in [-0.15, -0.1) is 11.3 Å². The van der Waals surface area contributed by atoms with E-state index in [-0.39, 0.29) is 17.9 Å². The van der Waals surface area contributed by atoms with Gasteiger partial charge in [0.25, 0.3) is 0 Å². The second-order valence-corrected chi connectivity index (χ2v) is 6.39. The Morgan fingerprint density at radius 1 is 1.45 bits per heavy atom. The summed E-state index contributed by atoms with van der Waals surface area (Å²) in [4.78, 5) is 25.1. The third kappa shape index (κ3) is 5.21. The van der Waals surface area contributed by atoms with Gasteiger partial charge in [-0.25, -0.2) is 4.79 Å². The van der Waals surface area contributed by atoms with Gasteiger partial charge < -0.3 is 15.3 Å². The SMILES string of the molecule is CN(CCCC(=O)O)C(=O)NCC(C)(C)c1cccs1. The van der Waals surface area contributed by atoms with Gasteiger partial charge in [-0.1, -0.05) is 19.9 Å². The monoisotopic (exact) mass is 298 g/mol. The van der Waals surface area contributed by atoms with Crippen LogP contribution in [-0.4, -0.2) is 42.1 Å². The number of urea groups is 1. The summed E-state index contributed by atoms with van der Waals surface area (Å²) in [5, 5.41) is 13.5. The van der Waals surface area contributed by atoms with E-state index in [2.05, 4.69) is 25.2 Å². The molecule has 0 unspecified atom stereocenters. The van der Waals surface area contributed by atoms with Crippen molar-refractivity contribution in [1.82, 2.24) is 10.2 Å². The summed E-state index contributed by atoms with van der Waals surface area (Å²) in [6, 6.07) is 3.90. The van der Waals surface area contributed by atoms with Crippen molar-refractivity contribution in [2.75, 3.05) is 20.1 Å². The van der Waals surface area contributed by atoms with Crippen molar-refractivity contribution in [3.8, 4) is 0 Å². The summed E-state index contributed by atoms with van der Waals surface area (Å²) in [7, 11) is 1.68. The van der Waals surface area contributed by atoms with Crippen molar-refractivity contribution in [1.29, 1.82) is 0 Å². The van der Waals surface area contributed by atoms with Crippen LogP contribution >= 0.6 is 11.3 Å². The fourth-order valence-electron chi connectivity index (χ4n) is 1.75. The number of carboxylic acids is 1. The van der Waals surface area contributed by atoms with E-state index < -0.39 is 5.97 Å². The van der Waals surface area contributed by atoms with Gasteiger partial charge in [-0.05, 0) is 17.9 Å². The minimum atomic E-state index is -0.836. The summed E-state index contributed by atoms with van der Waals surface area (Å²) < 4.78 is 0. The predicted molar refractivity (Wildman–Crippen MR) is 80.2 cm³/mol. The molecule has 0 atom stereocenters. The molecule has 112 valence electrons. The van der Waals surface area contributed by atoms with Crippen LogP contribution in [-0.2, 0) is 10.2 Å². The second-order valence-electron chi connectivity index (χ2n) is 5.44. The van der Waals surface area contributed by atoms with Crippen molar-refractivity contribution < 1.29 is 14.7 Å². The molecule has 0 aliphatic carbocycles. The molecule has 2 N–H and O–H groups in total. The van der Waals surface area contributed by atoms with Gasteiger partial charge in [-0.3, -0.25) is 4.79 Å². The maximum absolute atomic E-state index is 11.9. The zero-order valence-corrected chi connectivity index (χ0v) is 13.0. The van der Waals surface area contributed by atoms with E-state index in [0.29, 0.717) is 19.5 Å². The number of hydrogen-bond donors (Lipinski definition) is 2. The first-order valence-electron chi connectivity index (χ1n) is 6.57. The highest BCUT2D eigenvalue weighted by molar-refractivity contribution is 7.10. The van der Waals surface area contributed by atoms with E-state index in [4.69, 9.17) is 5.11 Å². The van der Waals surface area contributed by atoms with Crippen LogP contribution in [0.4, 0.5) is 4.79 Å². The van der Waals surface area contributed by atoms with E-state index in [0.717, 1.165) is 0 Å². The molecule has 5 nitrogen and oxygen atoms in total. The Bertz CT molecular complexity index is 443. The first kappa shape index (κ1) is 16.5. The standard InChI is InChI=1S/C14H22N2O3S/c1-14(2,11-6-5-9-20-11)10-15-13(19)16(3)8-4-7-12(17)18/h5-6,9H,4,7-8,10H2,1-3H3,(H,15,19)(H,17,18). The number of carbonyl (C=O) groups is 2. The van der Waals surface area contributed by atoms with Gasteiger partial charge in [-0.2, -0.15) is 0 Å². The Hall–Kier alpha value is -1.56. The summed E-state index contributed by atoms with van der Waals surface area (Å²) in [6.07, 6.45) is 0.547. The largest absolute Gasteiger partial charge is 0.481 e. The molecule has 1 aromatic rings. The Morgan fingerprint density at radius 3 is 2.70 bits per heavy atom. The molecule has 1 rings (SSSR count). The molecule has 20 heavy (non-hydrogen) atoms. The van der Waals surface area contributed by atoms with Gasteiger partial charge in [0.1, 0.15) is 0 Å². The predicted octanol–water partition coefficient (Wildman–Crippen LogP) is 2.53. The molecule has 0 radical (unpaired) electrons. The molecular formula is C14H22N2O3S. The zero-order valence-electron chi connectivity index (χ0n) is 12.2. The molecule has 0 fully saturated rings. The van der Waals surface area contributed by atoms with Gasteiger partial charge >= 0.3 is 12.0 Å². The van der Waals surface area contributed by atoms with Crippen LogP contribution in [0.3, 0.4) is 0 Å². The van der Waals surface area contributed by atoms with Crippen molar-refractivity contribution in [3.05, 3.63) is 22.4 Å². The fraction of sp³-hybridized carbons (Fsp3) is 0.571. The Labute approximate surface area is 123 Å². The van der Waals surface area contributed by atoms with Crippen molar-refractivity contribution in [2.45, 2.75) is 32.1 Å². The molecule has 0 saturated heterocycles. The van der Waals surface area contributed by atoms with Crippen LogP contribution in [0.1, 0.15) is 31.6 Å². The van der Waals surface area contributed by atoms with E-state index in [1.165, 1.54) is 9.78 Å². The number of carbonyl (C=O) groups excluding carboxylic acids is 1. The van der Waals surface area contributed by atoms with Crippen molar-refractivity contribution in [2.24, 2.45) is 0 Å². The molecule has 1 aromatic heterocycles.